The maximum absolute atomic E-state index is 12.5. The first-order chi connectivity index (χ1) is 10.5. The van der Waals surface area contributed by atoms with Gasteiger partial charge in [-0.2, -0.15) is 4.98 Å². The highest BCUT2D eigenvalue weighted by molar-refractivity contribution is 5.95. The molecule has 3 rings (SSSR count). The standard InChI is InChI=1S/C15H15N3O4/c1-9-16-13(17-22-9)10-3-2-4-11(7-10)14(19)18-6-5-12(8-18)15(20)21/h2-4,7,12H,5-6,8H2,1H3,(H,20,21). The van der Waals surface area contributed by atoms with Crippen LogP contribution in [0, 0.1) is 12.8 Å². The summed E-state index contributed by atoms with van der Waals surface area (Å²) in [6.45, 7) is 2.41. The Morgan fingerprint density at radius 1 is 1.41 bits per heavy atom. The Labute approximate surface area is 126 Å². The van der Waals surface area contributed by atoms with Gasteiger partial charge in [0, 0.05) is 31.1 Å². The third kappa shape index (κ3) is 2.69. The molecule has 1 aromatic heterocycles. The van der Waals surface area contributed by atoms with Crippen LogP contribution in [0.15, 0.2) is 28.8 Å². The number of hydrogen-bond acceptors (Lipinski definition) is 5. The van der Waals surface area contributed by atoms with Gasteiger partial charge in [0.15, 0.2) is 0 Å². The SMILES string of the molecule is Cc1nc(-c2cccc(C(=O)N3CCC(C(=O)O)C3)c2)no1. The van der Waals surface area contributed by atoms with Crippen LogP contribution >= 0.6 is 0 Å². The largest absolute Gasteiger partial charge is 0.481 e. The summed E-state index contributed by atoms with van der Waals surface area (Å²) in [5.74, 6) is -0.628. The summed E-state index contributed by atoms with van der Waals surface area (Å²) in [6.07, 6.45) is 0.491. The number of carboxylic acids is 1. The van der Waals surface area contributed by atoms with Crippen LogP contribution in [0.1, 0.15) is 22.7 Å². The van der Waals surface area contributed by atoms with E-state index in [1.165, 1.54) is 0 Å². The van der Waals surface area contributed by atoms with Gasteiger partial charge in [0.1, 0.15) is 0 Å². The Morgan fingerprint density at radius 2 is 2.23 bits per heavy atom. The van der Waals surface area contributed by atoms with Gasteiger partial charge in [-0.15, -0.1) is 0 Å². The van der Waals surface area contributed by atoms with Crippen molar-refractivity contribution in [2.45, 2.75) is 13.3 Å². The van der Waals surface area contributed by atoms with Gasteiger partial charge in [0.25, 0.3) is 5.91 Å². The number of amides is 1. The number of aliphatic carboxylic acids is 1. The highest BCUT2D eigenvalue weighted by Crippen LogP contribution is 2.22. The zero-order chi connectivity index (χ0) is 15.7. The van der Waals surface area contributed by atoms with E-state index in [2.05, 4.69) is 10.1 Å². The molecular weight excluding hydrogens is 286 g/mol. The maximum Gasteiger partial charge on any atom is 0.308 e. The van der Waals surface area contributed by atoms with Crippen molar-refractivity contribution < 1.29 is 19.2 Å². The highest BCUT2D eigenvalue weighted by atomic mass is 16.5. The van der Waals surface area contributed by atoms with E-state index < -0.39 is 11.9 Å². The first-order valence-electron chi connectivity index (χ1n) is 6.97. The molecule has 1 unspecified atom stereocenters. The fourth-order valence-electron chi connectivity index (χ4n) is 2.54. The van der Waals surface area contributed by atoms with Gasteiger partial charge >= 0.3 is 5.97 Å². The minimum atomic E-state index is -0.855. The van der Waals surface area contributed by atoms with Crippen molar-refractivity contribution in [3.8, 4) is 11.4 Å². The second kappa shape index (κ2) is 5.59. The third-order valence-corrected chi connectivity index (χ3v) is 3.72. The lowest BCUT2D eigenvalue weighted by Crippen LogP contribution is -2.29. The van der Waals surface area contributed by atoms with Crippen molar-refractivity contribution in [2.24, 2.45) is 5.92 Å². The van der Waals surface area contributed by atoms with Gasteiger partial charge in [-0.05, 0) is 18.6 Å². The number of carboxylic acid groups (broad SMARTS) is 1. The number of rotatable bonds is 3. The molecule has 0 radical (unpaired) electrons. The molecule has 1 amide bonds. The molecule has 0 spiro atoms. The molecule has 7 nitrogen and oxygen atoms in total. The predicted octanol–water partition coefficient (Wildman–Crippen LogP) is 1.59. The fourth-order valence-corrected chi connectivity index (χ4v) is 2.54. The van der Waals surface area contributed by atoms with Crippen LogP contribution in [-0.4, -0.2) is 45.1 Å². The van der Waals surface area contributed by atoms with Crippen LogP contribution in [0.2, 0.25) is 0 Å². The molecule has 1 N–H and O–H groups in total. The molecule has 1 aromatic carbocycles. The Morgan fingerprint density at radius 3 is 2.86 bits per heavy atom. The quantitative estimate of drug-likeness (QED) is 0.924. The maximum atomic E-state index is 12.5. The predicted molar refractivity (Wildman–Crippen MR) is 76.1 cm³/mol. The van der Waals surface area contributed by atoms with Crippen LogP contribution in [0.3, 0.4) is 0 Å². The van der Waals surface area contributed by atoms with Gasteiger partial charge in [0.2, 0.25) is 11.7 Å². The summed E-state index contributed by atoms with van der Waals surface area (Å²) < 4.78 is 4.94. The van der Waals surface area contributed by atoms with E-state index >= 15 is 0 Å². The summed E-state index contributed by atoms with van der Waals surface area (Å²) >= 11 is 0. The lowest BCUT2D eigenvalue weighted by atomic mass is 10.1. The topological polar surface area (TPSA) is 96.5 Å². The van der Waals surface area contributed by atoms with Crippen LogP contribution in [0.25, 0.3) is 11.4 Å². The highest BCUT2D eigenvalue weighted by Gasteiger charge is 2.31. The molecule has 1 fully saturated rings. The molecule has 1 saturated heterocycles. The van der Waals surface area contributed by atoms with Crippen molar-refractivity contribution in [1.29, 1.82) is 0 Å². The summed E-state index contributed by atoms with van der Waals surface area (Å²) in [4.78, 5) is 29.2. The molecule has 0 saturated carbocycles. The number of likely N-dealkylation sites (tertiary alicyclic amines) is 1. The van der Waals surface area contributed by atoms with Crippen LogP contribution in [-0.2, 0) is 4.79 Å². The first kappa shape index (κ1) is 14.2. The van der Waals surface area contributed by atoms with E-state index in [-0.39, 0.29) is 12.5 Å². The third-order valence-electron chi connectivity index (χ3n) is 3.72. The van der Waals surface area contributed by atoms with E-state index in [1.54, 1.807) is 36.1 Å². The fraction of sp³-hybridized carbons (Fsp3) is 0.333. The number of hydrogen-bond donors (Lipinski definition) is 1. The number of benzene rings is 1. The van der Waals surface area contributed by atoms with Crippen molar-refractivity contribution >= 4 is 11.9 Å². The van der Waals surface area contributed by atoms with Crippen LogP contribution in [0.4, 0.5) is 0 Å². The monoisotopic (exact) mass is 301 g/mol. The number of aromatic nitrogens is 2. The Balaban J connectivity index is 1.80. The normalized spacial score (nSPS) is 17.7. The average molecular weight is 301 g/mol. The molecule has 1 aliphatic rings. The van der Waals surface area contributed by atoms with Crippen LogP contribution in [0.5, 0.6) is 0 Å². The van der Waals surface area contributed by atoms with Crippen molar-refractivity contribution in [2.75, 3.05) is 13.1 Å². The Hall–Kier alpha value is -2.70. The summed E-state index contributed by atoms with van der Waals surface area (Å²) in [7, 11) is 0. The zero-order valence-electron chi connectivity index (χ0n) is 12.0. The summed E-state index contributed by atoms with van der Waals surface area (Å²) in [6, 6.07) is 6.94. The molecule has 1 atom stereocenters. The molecule has 0 aliphatic carbocycles. The molecule has 7 heteroatoms. The number of aryl methyl sites for hydroxylation is 1. The van der Waals surface area contributed by atoms with Crippen molar-refractivity contribution in [3.63, 3.8) is 0 Å². The van der Waals surface area contributed by atoms with Gasteiger partial charge in [-0.1, -0.05) is 17.3 Å². The summed E-state index contributed by atoms with van der Waals surface area (Å²) in [5, 5.41) is 12.8. The van der Waals surface area contributed by atoms with E-state index in [1.807, 2.05) is 0 Å². The second-order valence-electron chi connectivity index (χ2n) is 5.29. The molecule has 2 aromatic rings. The molecular formula is C15H15N3O4. The average Bonchev–Trinajstić information content (AvgIpc) is 3.15. The van der Waals surface area contributed by atoms with Crippen molar-refractivity contribution in [1.82, 2.24) is 15.0 Å². The molecule has 1 aliphatic heterocycles. The van der Waals surface area contributed by atoms with Gasteiger partial charge in [0.05, 0.1) is 5.92 Å². The Bertz CT molecular complexity index is 725. The number of carbonyl (C=O) groups is 2. The second-order valence-corrected chi connectivity index (χ2v) is 5.29. The minimum absolute atomic E-state index is 0.175. The van der Waals surface area contributed by atoms with E-state index in [0.29, 0.717) is 35.8 Å². The smallest absolute Gasteiger partial charge is 0.308 e. The van der Waals surface area contributed by atoms with Gasteiger partial charge < -0.3 is 14.5 Å². The number of carbonyl (C=O) groups excluding carboxylic acids is 1. The van der Waals surface area contributed by atoms with Crippen LogP contribution < -0.4 is 0 Å². The molecule has 0 bridgehead atoms. The zero-order valence-corrected chi connectivity index (χ0v) is 12.0. The molecule has 22 heavy (non-hydrogen) atoms. The van der Waals surface area contributed by atoms with E-state index in [4.69, 9.17) is 9.63 Å². The van der Waals surface area contributed by atoms with Gasteiger partial charge in [-0.3, -0.25) is 9.59 Å². The first-order valence-corrected chi connectivity index (χ1v) is 6.97. The lowest BCUT2D eigenvalue weighted by molar-refractivity contribution is -0.141. The molecule has 114 valence electrons. The number of nitrogens with zero attached hydrogens (tertiary/aromatic N) is 3. The Kier molecular flexibility index (Phi) is 3.62. The lowest BCUT2D eigenvalue weighted by Gasteiger charge is -2.16. The van der Waals surface area contributed by atoms with E-state index in [9.17, 15) is 9.59 Å². The summed E-state index contributed by atoms with van der Waals surface area (Å²) in [5.41, 5.74) is 1.18. The molecule has 2 heterocycles. The minimum Gasteiger partial charge on any atom is -0.481 e. The van der Waals surface area contributed by atoms with Crippen molar-refractivity contribution in [3.05, 3.63) is 35.7 Å². The van der Waals surface area contributed by atoms with E-state index in [0.717, 1.165) is 0 Å². The van der Waals surface area contributed by atoms with Gasteiger partial charge in [-0.25, -0.2) is 0 Å².